The Morgan fingerprint density at radius 1 is 1.53 bits per heavy atom. The van der Waals surface area contributed by atoms with Crippen LogP contribution in [0.2, 0.25) is 0 Å². The van der Waals surface area contributed by atoms with Crippen LogP contribution in [0.4, 0.5) is 0 Å². The zero-order chi connectivity index (χ0) is 14.1. The quantitative estimate of drug-likeness (QED) is 0.682. The average molecular weight is 262 g/mol. The molecule has 1 N–H and O–H groups in total. The molecule has 1 fully saturated rings. The molecule has 0 radical (unpaired) electrons. The molecule has 0 aromatic carbocycles. The van der Waals surface area contributed by atoms with Crippen molar-refractivity contribution in [3.63, 3.8) is 0 Å². The number of carbonyl (C=O) groups is 1. The summed E-state index contributed by atoms with van der Waals surface area (Å²) < 4.78 is 0. The van der Waals surface area contributed by atoms with Crippen LogP contribution in [0.3, 0.4) is 0 Å². The smallest absolute Gasteiger partial charge is 0.222 e. The summed E-state index contributed by atoms with van der Waals surface area (Å²) in [6.07, 6.45) is 8.20. The number of piperidine rings is 1. The number of likely N-dealkylation sites (tertiary alicyclic amines) is 1. The van der Waals surface area contributed by atoms with Crippen molar-refractivity contribution in [3.8, 4) is 0 Å². The van der Waals surface area contributed by atoms with Crippen molar-refractivity contribution >= 4 is 5.91 Å². The molecule has 0 bridgehead atoms. The van der Waals surface area contributed by atoms with Gasteiger partial charge < -0.3 is 10.2 Å². The third-order valence-corrected chi connectivity index (χ3v) is 3.57. The first kappa shape index (κ1) is 15.7. The van der Waals surface area contributed by atoms with Crippen LogP contribution in [0.15, 0.2) is 37.0 Å². The van der Waals surface area contributed by atoms with E-state index < -0.39 is 0 Å². The third kappa shape index (κ3) is 5.43. The van der Waals surface area contributed by atoms with Crippen molar-refractivity contribution in [1.82, 2.24) is 10.2 Å². The minimum absolute atomic E-state index is 0.288. The van der Waals surface area contributed by atoms with Gasteiger partial charge in [0.25, 0.3) is 0 Å². The van der Waals surface area contributed by atoms with Gasteiger partial charge in [-0.1, -0.05) is 38.3 Å². The fraction of sp³-hybridized carbons (Fsp3) is 0.562. The molecular weight excluding hydrogens is 236 g/mol. The van der Waals surface area contributed by atoms with Crippen molar-refractivity contribution in [2.75, 3.05) is 26.2 Å². The fourth-order valence-corrected chi connectivity index (χ4v) is 2.37. The van der Waals surface area contributed by atoms with E-state index in [2.05, 4.69) is 25.4 Å². The number of rotatable bonds is 8. The van der Waals surface area contributed by atoms with E-state index in [1.165, 1.54) is 0 Å². The maximum absolute atomic E-state index is 12.1. The minimum Gasteiger partial charge on any atom is -0.342 e. The van der Waals surface area contributed by atoms with Crippen LogP contribution in [-0.4, -0.2) is 37.0 Å². The topological polar surface area (TPSA) is 32.3 Å². The number of nitrogens with one attached hydrogen (secondary N) is 1. The van der Waals surface area contributed by atoms with Gasteiger partial charge in [-0.3, -0.25) is 4.79 Å². The third-order valence-electron chi connectivity index (χ3n) is 3.57. The van der Waals surface area contributed by atoms with E-state index in [9.17, 15) is 4.79 Å². The summed E-state index contributed by atoms with van der Waals surface area (Å²) in [4.78, 5) is 14.0. The number of carbonyl (C=O) groups excluding carboxylic acids is 1. The Hall–Kier alpha value is -1.35. The van der Waals surface area contributed by atoms with Crippen LogP contribution in [0, 0.1) is 5.92 Å². The lowest BCUT2D eigenvalue weighted by Crippen LogP contribution is -2.41. The van der Waals surface area contributed by atoms with E-state index in [0.29, 0.717) is 12.3 Å². The lowest BCUT2D eigenvalue weighted by atomic mass is 9.95. The highest BCUT2D eigenvalue weighted by Crippen LogP contribution is 2.18. The van der Waals surface area contributed by atoms with Gasteiger partial charge in [-0.15, -0.1) is 0 Å². The lowest BCUT2D eigenvalue weighted by molar-refractivity contribution is -0.134. The summed E-state index contributed by atoms with van der Waals surface area (Å²) in [6.45, 7) is 13.2. The Labute approximate surface area is 117 Å². The normalized spacial score (nSPS) is 20.5. The predicted octanol–water partition coefficient (Wildman–Crippen LogP) is 2.52. The number of amides is 1. The van der Waals surface area contributed by atoms with Crippen molar-refractivity contribution in [2.45, 2.75) is 26.2 Å². The second-order valence-electron chi connectivity index (χ2n) is 4.98. The van der Waals surface area contributed by atoms with E-state index >= 15 is 0 Å². The molecule has 106 valence electrons. The Balaban J connectivity index is 2.37. The molecule has 19 heavy (non-hydrogen) atoms. The molecule has 0 aromatic heterocycles. The largest absolute Gasteiger partial charge is 0.342 e. The summed E-state index contributed by atoms with van der Waals surface area (Å²) in [6, 6.07) is 0. The number of allylic oxidation sites excluding steroid dienone is 3. The van der Waals surface area contributed by atoms with Crippen LogP contribution >= 0.6 is 0 Å². The molecule has 0 saturated carbocycles. The SMILES string of the molecule is C=C/C=C(\C=C)CCN1CCC(CNCC)CC1=O. The van der Waals surface area contributed by atoms with Gasteiger partial charge >= 0.3 is 0 Å². The van der Waals surface area contributed by atoms with Crippen LogP contribution in [0.1, 0.15) is 26.2 Å². The maximum atomic E-state index is 12.1. The Bertz CT molecular complexity index is 347. The van der Waals surface area contributed by atoms with E-state index in [4.69, 9.17) is 0 Å². The summed E-state index contributed by atoms with van der Waals surface area (Å²) in [7, 11) is 0. The minimum atomic E-state index is 0.288. The highest BCUT2D eigenvalue weighted by Gasteiger charge is 2.24. The van der Waals surface area contributed by atoms with Gasteiger partial charge in [0.15, 0.2) is 0 Å². The standard InChI is InChI=1S/C16H26N2O/c1-4-7-14(5-2)8-10-18-11-9-15(12-16(18)19)13-17-6-3/h4-5,7,15,17H,1-2,6,8-13H2,3H3/b14-7+. The van der Waals surface area contributed by atoms with Crippen LogP contribution in [0.25, 0.3) is 0 Å². The maximum Gasteiger partial charge on any atom is 0.222 e. The summed E-state index contributed by atoms with van der Waals surface area (Å²) in [5.41, 5.74) is 1.14. The molecule has 1 unspecified atom stereocenters. The average Bonchev–Trinajstić information content (AvgIpc) is 2.42. The van der Waals surface area contributed by atoms with Gasteiger partial charge in [0.1, 0.15) is 0 Å². The second-order valence-corrected chi connectivity index (χ2v) is 4.98. The first-order valence-corrected chi connectivity index (χ1v) is 7.13. The molecule has 1 aliphatic heterocycles. The molecular formula is C16H26N2O. The first-order valence-electron chi connectivity index (χ1n) is 7.13. The van der Waals surface area contributed by atoms with Crippen LogP contribution in [-0.2, 0) is 4.79 Å². The molecule has 1 aliphatic rings. The van der Waals surface area contributed by atoms with Crippen LogP contribution < -0.4 is 5.32 Å². The summed E-state index contributed by atoms with van der Waals surface area (Å²) >= 11 is 0. The van der Waals surface area contributed by atoms with Crippen molar-refractivity contribution in [3.05, 3.63) is 37.0 Å². The van der Waals surface area contributed by atoms with E-state index in [1.807, 2.05) is 17.1 Å². The van der Waals surface area contributed by atoms with Gasteiger partial charge in [0.2, 0.25) is 5.91 Å². The molecule has 1 saturated heterocycles. The molecule has 3 heteroatoms. The van der Waals surface area contributed by atoms with Crippen LogP contribution in [0.5, 0.6) is 0 Å². The number of hydrogen-bond donors (Lipinski definition) is 1. The zero-order valence-electron chi connectivity index (χ0n) is 12.0. The van der Waals surface area contributed by atoms with Gasteiger partial charge in [-0.05, 0) is 37.4 Å². The van der Waals surface area contributed by atoms with Gasteiger partial charge in [0, 0.05) is 19.5 Å². The number of nitrogens with zero attached hydrogens (tertiary/aromatic N) is 1. The molecule has 1 atom stereocenters. The fourth-order valence-electron chi connectivity index (χ4n) is 2.37. The van der Waals surface area contributed by atoms with E-state index in [1.54, 1.807) is 6.08 Å². The Kier molecular flexibility index (Phi) is 7.19. The Morgan fingerprint density at radius 2 is 2.32 bits per heavy atom. The second kappa shape index (κ2) is 8.70. The highest BCUT2D eigenvalue weighted by atomic mass is 16.2. The monoisotopic (exact) mass is 262 g/mol. The molecule has 0 aromatic rings. The van der Waals surface area contributed by atoms with Crippen molar-refractivity contribution in [1.29, 1.82) is 0 Å². The van der Waals surface area contributed by atoms with Gasteiger partial charge in [-0.25, -0.2) is 0 Å². The predicted molar refractivity (Wildman–Crippen MR) is 80.9 cm³/mol. The molecule has 0 aliphatic carbocycles. The van der Waals surface area contributed by atoms with Gasteiger partial charge in [0.05, 0.1) is 0 Å². The molecule has 1 rings (SSSR count). The number of hydrogen-bond acceptors (Lipinski definition) is 2. The van der Waals surface area contributed by atoms with E-state index in [0.717, 1.165) is 44.6 Å². The molecule has 3 nitrogen and oxygen atoms in total. The Morgan fingerprint density at radius 3 is 2.89 bits per heavy atom. The molecule has 0 spiro atoms. The first-order chi connectivity index (χ1) is 9.21. The molecule has 1 heterocycles. The summed E-state index contributed by atoms with van der Waals surface area (Å²) in [5.74, 6) is 0.794. The zero-order valence-corrected chi connectivity index (χ0v) is 12.0. The van der Waals surface area contributed by atoms with E-state index in [-0.39, 0.29) is 5.91 Å². The highest BCUT2D eigenvalue weighted by molar-refractivity contribution is 5.77. The van der Waals surface area contributed by atoms with Crippen molar-refractivity contribution < 1.29 is 4.79 Å². The molecule has 1 amide bonds. The van der Waals surface area contributed by atoms with Crippen molar-refractivity contribution in [2.24, 2.45) is 5.92 Å². The van der Waals surface area contributed by atoms with Gasteiger partial charge in [-0.2, -0.15) is 0 Å². The summed E-state index contributed by atoms with van der Waals surface area (Å²) in [5, 5.41) is 3.33. The lowest BCUT2D eigenvalue weighted by Gasteiger charge is -2.32.